The first kappa shape index (κ1) is 13.9. The first-order valence-corrected chi connectivity index (χ1v) is 7.58. The smallest absolute Gasteiger partial charge is 0.488 e. The monoisotopic (exact) mass is 290 g/mol. The normalized spacial score (nSPS) is 20.6. The van der Waals surface area contributed by atoms with Crippen molar-refractivity contribution in [3.8, 4) is 5.06 Å². The molecule has 3 nitrogen and oxygen atoms in total. The Labute approximate surface area is 124 Å². The second-order valence-electron chi connectivity index (χ2n) is 6.09. The molecule has 1 saturated heterocycles. The van der Waals surface area contributed by atoms with Gasteiger partial charge in [-0.25, -0.2) is 0 Å². The third-order valence-corrected chi connectivity index (χ3v) is 5.42. The molecule has 0 bridgehead atoms. The van der Waals surface area contributed by atoms with Gasteiger partial charge >= 0.3 is 7.12 Å². The second kappa shape index (κ2) is 4.48. The summed E-state index contributed by atoms with van der Waals surface area (Å²) in [5.74, 6) is 0. The molecule has 0 saturated carbocycles. The van der Waals surface area contributed by atoms with Gasteiger partial charge in [-0.2, -0.15) is 0 Å². The van der Waals surface area contributed by atoms with Gasteiger partial charge in [0, 0.05) is 10.2 Å². The number of rotatable bonds is 2. The number of fused-ring (bicyclic) bond motifs is 1. The van der Waals surface area contributed by atoms with Gasteiger partial charge < -0.3 is 14.0 Å². The van der Waals surface area contributed by atoms with Gasteiger partial charge in [-0.15, -0.1) is 0 Å². The predicted molar refractivity (Wildman–Crippen MR) is 84.1 cm³/mol. The fourth-order valence-electron chi connectivity index (χ4n) is 2.38. The Bertz CT molecular complexity index is 632. The Morgan fingerprint density at radius 1 is 1.05 bits per heavy atom. The van der Waals surface area contributed by atoms with E-state index in [4.69, 9.17) is 14.0 Å². The molecule has 0 spiro atoms. The van der Waals surface area contributed by atoms with Crippen molar-refractivity contribution in [3.05, 3.63) is 24.3 Å². The Morgan fingerprint density at radius 3 is 2.25 bits per heavy atom. The van der Waals surface area contributed by atoms with Gasteiger partial charge in [0.2, 0.25) is 0 Å². The molecule has 1 aliphatic heterocycles. The fourth-order valence-corrected chi connectivity index (χ4v) is 3.41. The summed E-state index contributed by atoms with van der Waals surface area (Å²) in [6.07, 6.45) is 0. The Hall–Kier alpha value is -1.04. The zero-order valence-corrected chi connectivity index (χ0v) is 13.3. The summed E-state index contributed by atoms with van der Waals surface area (Å²) in [5.41, 5.74) is 0.323. The third kappa shape index (κ3) is 1.96. The molecule has 2 heterocycles. The van der Waals surface area contributed by atoms with Crippen LogP contribution in [0.3, 0.4) is 0 Å². The van der Waals surface area contributed by atoms with Crippen LogP contribution in [0.5, 0.6) is 5.06 Å². The highest BCUT2D eigenvalue weighted by molar-refractivity contribution is 7.22. The van der Waals surface area contributed by atoms with Gasteiger partial charge in [-0.05, 0) is 39.1 Å². The van der Waals surface area contributed by atoms with Crippen molar-refractivity contribution >= 4 is 34.0 Å². The zero-order valence-electron chi connectivity index (χ0n) is 12.5. The van der Waals surface area contributed by atoms with Crippen molar-refractivity contribution in [2.45, 2.75) is 38.9 Å². The van der Waals surface area contributed by atoms with E-state index in [1.54, 1.807) is 18.4 Å². The van der Waals surface area contributed by atoms with E-state index in [2.05, 4.69) is 39.8 Å². The Kier molecular flexibility index (Phi) is 3.12. The summed E-state index contributed by atoms with van der Waals surface area (Å²) in [6.45, 7) is 8.25. The molecular formula is C15H19BO3S. The van der Waals surface area contributed by atoms with Gasteiger partial charge in [0.25, 0.3) is 0 Å². The van der Waals surface area contributed by atoms with E-state index in [-0.39, 0.29) is 18.3 Å². The molecule has 0 amide bonds. The van der Waals surface area contributed by atoms with Crippen LogP contribution in [0.25, 0.3) is 10.1 Å². The van der Waals surface area contributed by atoms with Crippen LogP contribution in [0.4, 0.5) is 0 Å². The molecule has 2 aromatic rings. The third-order valence-electron chi connectivity index (χ3n) is 4.27. The van der Waals surface area contributed by atoms with Gasteiger partial charge in [-0.1, -0.05) is 29.5 Å². The Morgan fingerprint density at radius 2 is 1.65 bits per heavy atom. The molecule has 1 aromatic carbocycles. The quantitative estimate of drug-likeness (QED) is 0.795. The van der Waals surface area contributed by atoms with Crippen LogP contribution in [0.2, 0.25) is 0 Å². The lowest BCUT2D eigenvalue weighted by Crippen LogP contribution is -2.41. The molecule has 1 aliphatic rings. The Balaban J connectivity index is 2.11. The van der Waals surface area contributed by atoms with Crippen molar-refractivity contribution < 1.29 is 14.0 Å². The second-order valence-corrected chi connectivity index (χ2v) is 7.11. The standard InChI is InChI=1S/C15H19BO3S/c1-14(2)15(3,4)19-16(18-14)12-10-8-6-7-9-11(10)20-13(12)17-5/h6-9H,1-5H3. The maximum atomic E-state index is 6.16. The molecule has 0 N–H and O–H groups in total. The van der Waals surface area contributed by atoms with Crippen molar-refractivity contribution in [3.63, 3.8) is 0 Å². The van der Waals surface area contributed by atoms with E-state index in [0.29, 0.717) is 0 Å². The van der Waals surface area contributed by atoms with Gasteiger partial charge in [0.15, 0.2) is 5.06 Å². The molecule has 0 unspecified atom stereocenters. The first-order valence-electron chi connectivity index (χ1n) is 6.77. The fraction of sp³-hybridized carbons (Fsp3) is 0.467. The molecule has 20 heavy (non-hydrogen) atoms. The van der Waals surface area contributed by atoms with Crippen molar-refractivity contribution in [1.82, 2.24) is 0 Å². The van der Waals surface area contributed by atoms with Gasteiger partial charge in [0.05, 0.1) is 18.3 Å². The predicted octanol–water partition coefficient (Wildman–Crippen LogP) is 3.21. The van der Waals surface area contributed by atoms with E-state index in [1.165, 1.54) is 4.70 Å². The summed E-state index contributed by atoms with van der Waals surface area (Å²) in [4.78, 5) is 0. The largest absolute Gasteiger partial charge is 0.500 e. The molecule has 0 aliphatic carbocycles. The highest BCUT2D eigenvalue weighted by atomic mass is 32.1. The van der Waals surface area contributed by atoms with E-state index < -0.39 is 0 Å². The number of hydrogen-bond donors (Lipinski definition) is 0. The maximum Gasteiger partial charge on any atom is 0.500 e. The number of thiophene rings is 1. The van der Waals surface area contributed by atoms with Gasteiger partial charge in [-0.3, -0.25) is 0 Å². The van der Waals surface area contributed by atoms with Crippen molar-refractivity contribution in [1.29, 1.82) is 0 Å². The summed E-state index contributed by atoms with van der Waals surface area (Å²) < 4.78 is 19.1. The molecule has 5 heteroatoms. The van der Waals surface area contributed by atoms with Crippen LogP contribution in [0.15, 0.2) is 24.3 Å². The minimum atomic E-state index is -0.383. The summed E-state index contributed by atoms with van der Waals surface area (Å²) in [5, 5.41) is 2.01. The summed E-state index contributed by atoms with van der Waals surface area (Å²) in [6, 6.07) is 8.25. The average molecular weight is 290 g/mol. The van der Waals surface area contributed by atoms with E-state index in [9.17, 15) is 0 Å². The van der Waals surface area contributed by atoms with Crippen LogP contribution in [0.1, 0.15) is 27.7 Å². The van der Waals surface area contributed by atoms with Crippen LogP contribution in [-0.4, -0.2) is 25.4 Å². The lowest BCUT2D eigenvalue weighted by molar-refractivity contribution is 0.00578. The number of hydrogen-bond acceptors (Lipinski definition) is 4. The maximum absolute atomic E-state index is 6.16. The molecule has 0 radical (unpaired) electrons. The van der Waals surface area contributed by atoms with Crippen LogP contribution >= 0.6 is 11.3 Å². The molecule has 3 rings (SSSR count). The first-order chi connectivity index (χ1) is 9.36. The summed E-state index contributed by atoms with van der Waals surface area (Å²) >= 11 is 1.63. The average Bonchev–Trinajstić information content (AvgIpc) is 2.84. The number of methoxy groups -OCH3 is 1. The number of benzene rings is 1. The van der Waals surface area contributed by atoms with Crippen LogP contribution in [-0.2, 0) is 9.31 Å². The molecular weight excluding hydrogens is 271 g/mol. The van der Waals surface area contributed by atoms with E-state index in [1.807, 2.05) is 12.1 Å². The van der Waals surface area contributed by atoms with Gasteiger partial charge in [0.1, 0.15) is 0 Å². The highest BCUT2D eigenvalue weighted by Gasteiger charge is 2.53. The topological polar surface area (TPSA) is 27.7 Å². The van der Waals surface area contributed by atoms with E-state index in [0.717, 1.165) is 15.9 Å². The molecule has 1 fully saturated rings. The minimum absolute atomic E-state index is 0.342. The molecule has 1 aromatic heterocycles. The van der Waals surface area contributed by atoms with Crippen molar-refractivity contribution in [2.24, 2.45) is 0 Å². The lowest BCUT2D eigenvalue weighted by Gasteiger charge is -2.32. The SMILES string of the molecule is COc1sc2ccccc2c1B1OC(C)(C)C(C)(C)O1. The zero-order chi connectivity index (χ0) is 14.5. The van der Waals surface area contributed by atoms with E-state index >= 15 is 0 Å². The minimum Gasteiger partial charge on any atom is -0.488 e. The lowest BCUT2D eigenvalue weighted by atomic mass is 9.78. The van der Waals surface area contributed by atoms with Crippen LogP contribution in [0, 0.1) is 0 Å². The number of ether oxygens (including phenoxy) is 1. The van der Waals surface area contributed by atoms with Crippen molar-refractivity contribution in [2.75, 3.05) is 7.11 Å². The summed E-state index contributed by atoms with van der Waals surface area (Å²) in [7, 11) is 1.31. The highest BCUT2D eigenvalue weighted by Crippen LogP contribution is 2.39. The molecule has 106 valence electrons. The molecule has 0 atom stereocenters. The van der Waals surface area contributed by atoms with Crippen LogP contribution < -0.4 is 10.2 Å².